The largest absolute Gasteiger partial charge is 0.381 e. The smallest absolute Gasteiger partial charge is 0.242 e. The highest BCUT2D eigenvalue weighted by atomic mass is 19.1. The Hall–Kier alpha value is -3.59. The molecular weight excluding hydrogens is 447 g/mol. The molecule has 4 aromatic rings. The molecule has 0 saturated carbocycles. The Kier molecular flexibility index (Phi) is 5.17. The lowest BCUT2D eigenvalue weighted by Crippen LogP contribution is -2.37. The van der Waals surface area contributed by atoms with Gasteiger partial charge in [-0.3, -0.25) is 14.5 Å². The highest BCUT2D eigenvalue weighted by molar-refractivity contribution is 5.98. The van der Waals surface area contributed by atoms with E-state index in [9.17, 15) is 4.79 Å². The van der Waals surface area contributed by atoms with E-state index in [1.165, 1.54) is 6.07 Å². The van der Waals surface area contributed by atoms with Crippen LogP contribution < -0.4 is 0 Å². The average Bonchev–Trinajstić information content (AvgIpc) is 3.38. The molecule has 0 spiro atoms. The van der Waals surface area contributed by atoms with Crippen LogP contribution in [0.2, 0.25) is 0 Å². The van der Waals surface area contributed by atoms with Crippen LogP contribution in [0.15, 0.2) is 30.6 Å². The van der Waals surface area contributed by atoms with E-state index in [0.717, 1.165) is 46.7 Å². The molecule has 0 unspecified atom stereocenters. The number of aromatic nitrogens is 5. The molecule has 0 atom stereocenters. The van der Waals surface area contributed by atoms with Crippen molar-refractivity contribution in [3.8, 4) is 22.5 Å². The van der Waals surface area contributed by atoms with Gasteiger partial charge in [0.1, 0.15) is 18.2 Å². The van der Waals surface area contributed by atoms with Crippen molar-refractivity contribution < 1.29 is 13.9 Å². The Morgan fingerprint density at radius 1 is 1.14 bits per heavy atom. The summed E-state index contributed by atoms with van der Waals surface area (Å²) >= 11 is 0. The second-order valence-electron chi connectivity index (χ2n) is 9.50. The molecule has 0 radical (unpaired) electrons. The van der Waals surface area contributed by atoms with Crippen LogP contribution in [-0.4, -0.2) is 55.4 Å². The molecule has 35 heavy (non-hydrogen) atoms. The maximum Gasteiger partial charge on any atom is 0.242 e. The van der Waals surface area contributed by atoms with Crippen molar-refractivity contribution in [2.24, 2.45) is 7.05 Å². The molecule has 0 bridgehead atoms. The standard InChI is InChI=1S/C26H27FN6O2/c1-15-19(12-32(3)30-15)21-10-17-4-5-20(27)24(18(17)11-28-21)25-22-13-31(2)23(34)14-33(22)26(29-25)16-6-8-35-9-7-16/h4-5,10-12,16H,6-9,13-14H2,1-3H3. The molecule has 3 aromatic heterocycles. The lowest BCUT2D eigenvalue weighted by atomic mass is 9.99. The van der Waals surface area contributed by atoms with Crippen LogP contribution in [0.3, 0.4) is 0 Å². The van der Waals surface area contributed by atoms with E-state index in [4.69, 9.17) is 9.72 Å². The normalized spacial score (nSPS) is 16.8. The third kappa shape index (κ3) is 3.61. The number of imidazole rings is 1. The number of benzene rings is 1. The number of hydrogen-bond acceptors (Lipinski definition) is 5. The predicted molar refractivity (Wildman–Crippen MR) is 129 cm³/mol. The van der Waals surface area contributed by atoms with Crippen molar-refractivity contribution in [3.63, 3.8) is 0 Å². The summed E-state index contributed by atoms with van der Waals surface area (Å²) in [5.41, 5.74) is 4.53. The third-order valence-corrected chi connectivity index (χ3v) is 7.17. The molecule has 1 saturated heterocycles. The minimum atomic E-state index is -0.344. The van der Waals surface area contributed by atoms with Crippen molar-refractivity contribution >= 4 is 16.7 Å². The van der Waals surface area contributed by atoms with E-state index in [1.54, 1.807) is 28.9 Å². The zero-order chi connectivity index (χ0) is 24.3. The second-order valence-corrected chi connectivity index (χ2v) is 9.50. The number of amides is 1. The molecular formula is C26H27FN6O2. The third-order valence-electron chi connectivity index (χ3n) is 7.17. The van der Waals surface area contributed by atoms with Gasteiger partial charge < -0.3 is 14.2 Å². The van der Waals surface area contributed by atoms with Gasteiger partial charge in [-0.2, -0.15) is 5.10 Å². The van der Waals surface area contributed by atoms with E-state index in [2.05, 4.69) is 10.1 Å². The van der Waals surface area contributed by atoms with Gasteiger partial charge in [0.15, 0.2) is 0 Å². The van der Waals surface area contributed by atoms with Crippen LogP contribution >= 0.6 is 0 Å². The highest BCUT2D eigenvalue weighted by Crippen LogP contribution is 2.39. The number of carbonyl (C=O) groups is 1. The first kappa shape index (κ1) is 21.9. The maximum absolute atomic E-state index is 15.5. The van der Waals surface area contributed by atoms with Crippen LogP contribution in [0.25, 0.3) is 33.3 Å². The van der Waals surface area contributed by atoms with E-state index in [1.807, 2.05) is 30.8 Å². The van der Waals surface area contributed by atoms with Gasteiger partial charge in [-0.05, 0) is 37.3 Å². The first-order valence-corrected chi connectivity index (χ1v) is 11.9. The van der Waals surface area contributed by atoms with Gasteiger partial charge in [-0.15, -0.1) is 0 Å². The average molecular weight is 475 g/mol. The van der Waals surface area contributed by atoms with Gasteiger partial charge in [0.2, 0.25) is 5.91 Å². The van der Waals surface area contributed by atoms with Crippen LogP contribution in [0.4, 0.5) is 4.39 Å². The van der Waals surface area contributed by atoms with Crippen LogP contribution in [0.1, 0.15) is 36.0 Å². The summed E-state index contributed by atoms with van der Waals surface area (Å²) in [7, 11) is 3.66. The summed E-state index contributed by atoms with van der Waals surface area (Å²) in [6.45, 7) is 3.89. The Balaban J connectivity index is 1.54. The molecule has 2 aliphatic rings. The number of pyridine rings is 1. The van der Waals surface area contributed by atoms with E-state index < -0.39 is 0 Å². The monoisotopic (exact) mass is 474 g/mol. The van der Waals surface area contributed by atoms with Gasteiger partial charge in [-0.1, -0.05) is 6.07 Å². The van der Waals surface area contributed by atoms with Gasteiger partial charge >= 0.3 is 0 Å². The Morgan fingerprint density at radius 2 is 1.94 bits per heavy atom. The summed E-state index contributed by atoms with van der Waals surface area (Å²) in [5.74, 6) is 0.727. The number of halogens is 1. The number of carbonyl (C=O) groups excluding carboxylic acids is 1. The van der Waals surface area contributed by atoms with Crippen molar-refractivity contribution in [1.29, 1.82) is 0 Å². The molecule has 0 N–H and O–H groups in total. The molecule has 180 valence electrons. The van der Waals surface area contributed by atoms with Gasteiger partial charge in [0.25, 0.3) is 0 Å². The van der Waals surface area contributed by atoms with Crippen LogP contribution in [0, 0.1) is 12.7 Å². The minimum absolute atomic E-state index is 0.0336. The van der Waals surface area contributed by atoms with E-state index >= 15 is 4.39 Å². The molecule has 1 aromatic carbocycles. The minimum Gasteiger partial charge on any atom is -0.381 e. The number of aryl methyl sites for hydroxylation is 2. The highest BCUT2D eigenvalue weighted by Gasteiger charge is 2.32. The predicted octanol–water partition coefficient (Wildman–Crippen LogP) is 3.81. The molecule has 1 fully saturated rings. The van der Waals surface area contributed by atoms with Gasteiger partial charge in [-0.25, -0.2) is 9.37 Å². The topological polar surface area (TPSA) is 78.1 Å². The Morgan fingerprint density at radius 3 is 2.69 bits per heavy atom. The number of rotatable bonds is 3. The number of fused-ring (bicyclic) bond motifs is 2. The zero-order valence-corrected chi connectivity index (χ0v) is 20.1. The Labute approximate surface area is 202 Å². The van der Waals surface area contributed by atoms with Gasteiger partial charge in [0.05, 0.1) is 29.3 Å². The fraction of sp³-hybridized carbons (Fsp3) is 0.385. The summed E-state index contributed by atoms with van der Waals surface area (Å²) in [5, 5.41) is 6.00. The zero-order valence-electron chi connectivity index (χ0n) is 20.1. The number of likely N-dealkylation sites (N-methyl/N-ethyl adjacent to an activating group) is 1. The Bertz CT molecular complexity index is 1470. The number of ether oxygens (including phenoxy) is 1. The van der Waals surface area contributed by atoms with Gasteiger partial charge in [0, 0.05) is 62.1 Å². The van der Waals surface area contributed by atoms with Crippen molar-refractivity contribution in [2.45, 2.75) is 38.8 Å². The lowest BCUT2D eigenvalue weighted by Gasteiger charge is -2.28. The quantitative estimate of drug-likeness (QED) is 0.451. The molecule has 2 aliphatic heterocycles. The summed E-state index contributed by atoms with van der Waals surface area (Å²) in [4.78, 5) is 23.9. The van der Waals surface area contributed by atoms with Crippen molar-refractivity contribution in [3.05, 3.63) is 53.6 Å². The van der Waals surface area contributed by atoms with E-state index in [-0.39, 0.29) is 24.2 Å². The summed E-state index contributed by atoms with van der Waals surface area (Å²) < 4.78 is 24.8. The lowest BCUT2D eigenvalue weighted by molar-refractivity contribution is -0.132. The fourth-order valence-corrected chi connectivity index (χ4v) is 5.31. The molecule has 6 rings (SSSR count). The van der Waals surface area contributed by atoms with Crippen molar-refractivity contribution in [2.75, 3.05) is 20.3 Å². The summed E-state index contributed by atoms with van der Waals surface area (Å²) in [6.07, 6.45) is 5.35. The van der Waals surface area contributed by atoms with Crippen molar-refractivity contribution in [1.82, 2.24) is 29.2 Å². The first-order valence-electron chi connectivity index (χ1n) is 11.9. The second kappa shape index (κ2) is 8.27. The maximum atomic E-state index is 15.5. The van der Waals surface area contributed by atoms with Crippen LogP contribution in [0.5, 0.6) is 0 Å². The molecule has 1 amide bonds. The van der Waals surface area contributed by atoms with Crippen LogP contribution in [-0.2, 0) is 29.7 Å². The molecule has 9 heteroatoms. The number of hydrogen-bond donors (Lipinski definition) is 0. The fourth-order valence-electron chi connectivity index (χ4n) is 5.31. The molecule has 8 nitrogen and oxygen atoms in total. The number of nitrogens with zero attached hydrogens (tertiary/aromatic N) is 6. The SMILES string of the molecule is Cc1nn(C)cc1-c1cc2ccc(F)c(-c3nc(C4CCOCC4)n4c3CN(C)C(=O)C4)c2cn1. The van der Waals surface area contributed by atoms with E-state index in [0.29, 0.717) is 36.4 Å². The summed E-state index contributed by atoms with van der Waals surface area (Å²) in [6, 6.07) is 5.25. The molecule has 0 aliphatic carbocycles. The first-order chi connectivity index (χ1) is 16.9. The molecule has 5 heterocycles.